The third kappa shape index (κ3) is 3.63. The van der Waals surface area contributed by atoms with E-state index in [1.165, 1.54) is 0 Å². The number of amides is 4. The molecule has 5 aliphatic rings. The summed E-state index contributed by atoms with van der Waals surface area (Å²) >= 11 is 0. The second kappa shape index (κ2) is 9.09. The topological polar surface area (TPSA) is 101 Å². The Morgan fingerprint density at radius 3 is 1.49 bits per heavy atom. The third-order valence-electron chi connectivity index (χ3n) is 8.90. The summed E-state index contributed by atoms with van der Waals surface area (Å²) in [4.78, 5) is 71.8. The zero-order valence-electron chi connectivity index (χ0n) is 22.4. The molecule has 4 amide bonds. The smallest absolute Gasteiger partial charge is 0.339 e. The number of esters is 1. The lowest BCUT2D eigenvalue weighted by molar-refractivity contribution is -0.142. The van der Waals surface area contributed by atoms with E-state index in [2.05, 4.69) is 0 Å². The fraction of sp³-hybridized carbons (Fsp3) is 0.242. The lowest BCUT2D eigenvalue weighted by Crippen LogP contribution is -2.53. The molecule has 3 aromatic carbocycles. The molecule has 8 rings (SSSR count). The summed E-state index contributed by atoms with van der Waals surface area (Å²) < 4.78 is 5.65. The lowest BCUT2D eigenvalue weighted by atomic mass is 9.52. The van der Waals surface area contributed by atoms with Gasteiger partial charge in [-0.25, -0.2) is 4.79 Å². The van der Waals surface area contributed by atoms with Gasteiger partial charge in [-0.2, -0.15) is 0 Å². The van der Waals surface area contributed by atoms with Gasteiger partial charge < -0.3 is 4.74 Å². The van der Waals surface area contributed by atoms with Crippen molar-refractivity contribution < 1.29 is 28.7 Å². The molecule has 3 aromatic rings. The first-order chi connectivity index (χ1) is 19.8. The molecule has 2 aliphatic heterocycles. The van der Waals surface area contributed by atoms with Crippen molar-refractivity contribution >= 4 is 41.0 Å². The van der Waals surface area contributed by atoms with Crippen LogP contribution in [-0.2, 0) is 24.0 Å². The number of carbonyl (C=O) groups is 5. The van der Waals surface area contributed by atoms with Gasteiger partial charge in [0.2, 0.25) is 23.6 Å². The van der Waals surface area contributed by atoms with Gasteiger partial charge in [-0.05, 0) is 50.2 Å². The zero-order chi connectivity index (χ0) is 28.6. The van der Waals surface area contributed by atoms with E-state index in [-0.39, 0.29) is 5.57 Å². The van der Waals surface area contributed by atoms with Gasteiger partial charge in [-0.1, -0.05) is 59.7 Å². The van der Waals surface area contributed by atoms with E-state index in [1.54, 1.807) is 60.7 Å². The largest absolute Gasteiger partial charge is 0.423 e. The monoisotopic (exact) mass is 546 g/mol. The summed E-state index contributed by atoms with van der Waals surface area (Å²) in [6.07, 6.45) is 1.62. The van der Waals surface area contributed by atoms with E-state index in [0.717, 1.165) is 20.9 Å². The van der Waals surface area contributed by atoms with Gasteiger partial charge in [0.25, 0.3) is 0 Å². The van der Waals surface area contributed by atoms with Gasteiger partial charge in [0.05, 0.1) is 35.0 Å². The highest BCUT2D eigenvalue weighted by molar-refractivity contribution is 6.27. The maximum absolute atomic E-state index is 14.0. The number of para-hydroxylation sites is 1. The Balaban J connectivity index is 1.33. The highest BCUT2D eigenvalue weighted by Crippen LogP contribution is 2.61. The van der Waals surface area contributed by atoms with Crippen molar-refractivity contribution in [2.45, 2.75) is 13.8 Å². The number of imide groups is 2. The minimum atomic E-state index is -0.981. The molecule has 2 saturated heterocycles. The van der Waals surface area contributed by atoms with E-state index < -0.39 is 65.1 Å². The fourth-order valence-electron chi connectivity index (χ4n) is 7.10. The van der Waals surface area contributed by atoms with E-state index >= 15 is 0 Å². The van der Waals surface area contributed by atoms with Gasteiger partial charge in [0.15, 0.2) is 0 Å². The van der Waals surface area contributed by atoms with Crippen molar-refractivity contribution in [2.75, 3.05) is 9.80 Å². The molecule has 8 heteroatoms. The average Bonchev–Trinajstić information content (AvgIpc) is 3.41. The Hall–Kier alpha value is -4.85. The number of hydrogen-bond acceptors (Lipinski definition) is 6. The predicted molar refractivity (Wildman–Crippen MR) is 148 cm³/mol. The first-order valence-corrected chi connectivity index (χ1v) is 13.6. The van der Waals surface area contributed by atoms with Crippen molar-refractivity contribution in [1.29, 1.82) is 0 Å². The van der Waals surface area contributed by atoms with Crippen LogP contribution in [-0.4, -0.2) is 29.6 Å². The molecule has 41 heavy (non-hydrogen) atoms. The number of carbonyl (C=O) groups excluding carboxylic acids is 5. The first-order valence-electron chi connectivity index (χ1n) is 13.6. The van der Waals surface area contributed by atoms with E-state index in [0.29, 0.717) is 17.1 Å². The number of hydrogen-bond donors (Lipinski definition) is 0. The van der Waals surface area contributed by atoms with Crippen molar-refractivity contribution in [3.8, 4) is 5.75 Å². The van der Waals surface area contributed by atoms with Crippen LogP contribution in [0.2, 0.25) is 0 Å². The SMILES string of the molecule is Cc1ccc(N2C(=O)[C@@H]3C4C=C(C(=O)Oc5ccccc5)C([C@@H]3C2=O)[C@@H]2C(=O)N(c3ccc(C)cc3)C(=O)[C@@H]42)cc1. The molecule has 8 nitrogen and oxygen atoms in total. The van der Waals surface area contributed by atoms with Crippen LogP contribution in [0.5, 0.6) is 5.75 Å². The molecule has 6 atom stereocenters. The summed E-state index contributed by atoms with van der Waals surface area (Å²) in [5, 5.41) is 0. The minimum Gasteiger partial charge on any atom is -0.423 e. The molecule has 0 aromatic heterocycles. The number of benzene rings is 3. The van der Waals surface area contributed by atoms with Crippen LogP contribution in [0.15, 0.2) is 90.5 Å². The van der Waals surface area contributed by atoms with Crippen molar-refractivity contribution in [1.82, 2.24) is 0 Å². The number of ether oxygens (including phenoxy) is 1. The second-order valence-electron chi connectivity index (χ2n) is 11.2. The summed E-state index contributed by atoms with van der Waals surface area (Å²) in [5.74, 6) is -7.59. The summed E-state index contributed by atoms with van der Waals surface area (Å²) in [6, 6.07) is 22.6. The Morgan fingerprint density at radius 1 is 0.585 bits per heavy atom. The Kier molecular flexibility index (Phi) is 5.57. The number of rotatable bonds is 4. The zero-order valence-corrected chi connectivity index (χ0v) is 22.4. The van der Waals surface area contributed by atoms with Gasteiger partial charge >= 0.3 is 5.97 Å². The maximum Gasteiger partial charge on any atom is 0.339 e. The highest BCUT2D eigenvalue weighted by atomic mass is 16.5. The molecule has 204 valence electrons. The highest BCUT2D eigenvalue weighted by Gasteiger charge is 2.71. The van der Waals surface area contributed by atoms with E-state index in [1.807, 2.05) is 38.1 Å². The van der Waals surface area contributed by atoms with Crippen LogP contribution in [0.4, 0.5) is 11.4 Å². The fourth-order valence-corrected chi connectivity index (χ4v) is 7.10. The molecule has 2 heterocycles. The van der Waals surface area contributed by atoms with E-state index in [9.17, 15) is 24.0 Å². The molecule has 2 unspecified atom stereocenters. The van der Waals surface area contributed by atoms with Crippen LogP contribution < -0.4 is 14.5 Å². The number of nitrogens with zero attached hydrogens (tertiary/aromatic N) is 2. The van der Waals surface area contributed by atoms with Gasteiger partial charge in [0.1, 0.15) is 5.75 Å². The molecule has 2 bridgehead atoms. The molecule has 3 aliphatic carbocycles. The van der Waals surface area contributed by atoms with Gasteiger partial charge in [-0.15, -0.1) is 0 Å². The average molecular weight is 547 g/mol. The molecule has 3 fully saturated rings. The molecule has 1 saturated carbocycles. The van der Waals surface area contributed by atoms with E-state index in [4.69, 9.17) is 4.74 Å². The normalized spacial score (nSPS) is 28.1. The van der Waals surface area contributed by atoms with Crippen LogP contribution in [0.3, 0.4) is 0 Å². The van der Waals surface area contributed by atoms with Crippen LogP contribution >= 0.6 is 0 Å². The molecule has 0 radical (unpaired) electrons. The Morgan fingerprint density at radius 2 is 1.02 bits per heavy atom. The summed E-state index contributed by atoms with van der Waals surface area (Å²) in [5.41, 5.74) is 2.97. The number of allylic oxidation sites excluding steroid dienone is 1. The summed E-state index contributed by atoms with van der Waals surface area (Å²) in [7, 11) is 0. The Labute approximate surface area is 236 Å². The molecule has 0 spiro atoms. The molecule has 0 N–H and O–H groups in total. The van der Waals surface area contributed by atoms with Crippen LogP contribution in [0.1, 0.15) is 11.1 Å². The van der Waals surface area contributed by atoms with Crippen molar-refractivity contribution in [3.05, 3.63) is 102 Å². The maximum atomic E-state index is 14.0. The summed E-state index contributed by atoms with van der Waals surface area (Å²) in [6.45, 7) is 3.81. The predicted octanol–water partition coefficient (Wildman–Crippen LogP) is 4.01. The quantitative estimate of drug-likeness (QED) is 0.279. The molecular weight excluding hydrogens is 520 g/mol. The van der Waals surface area contributed by atoms with Crippen LogP contribution in [0, 0.1) is 49.4 Å². The lowest BCUT2D eigenvalue weighted by Gasteiger charge is -2.46. The third-order valence-corrected chi connectivity index (χ3v) is 8.90. The Bertz CT molecular complexity index is 1570. The van der Waals surface area contributed by atoms with Crippen molar-refractivity contribution in [2.24, 2.45) is 35.5 Å². The number of anilines is 2. The van der Waals surface area contributed by atoms with Gasteiger partial charge in [-0.3, -0.25) is 29.0 Å². The minimum absolute atomic E-state index is 0.167. The second-order valence-corrected chi connectivity index (χ2v) is 11.2. The number of aryl methyl sites for hydroxylation is 2. The standard InChI is InChI=1S/C33H26N2O6/c1-17-8-12-19(13-9-17)34-29(36)25-22-16-23(33(40)41-21-6-4-3-5-7-21)24(27(25)31(34)38)28-26(22)30(37)35(32(28)39)20-14-10-18(2)11-15-20/h3-16,22,24-28H,1-2H3/t22?,24?,25-,26+,27-,28-/m0/s1. The van der Waals surface area contributed by atoms with Crippen LogP contribution in [0.25, 0.3) is 0 Å². The van der Waals surface area contributed by atoms with Gasteiger partial charge in [0, 0.05) is 17.4 Å². The van der Waals surface area contributed by atoms with Crippen molar-refractivity contribution in [3.63, 3.8) is 0 Å². The molecular formula is C33H26N2O6. The first kappa shape index (κ1) is 25.1.